The summed E-state index contributed by atoms with van der Waals surface area (Å²) in [5.41, 5.74) is 2.00. The van der Waals surface area contributed by atoms with Crippen molar-refractivity contribution in [3.8, 4) is 5.75 Å². The molecular weight excluding hydrogens is 408 g/mol. The number of ether oxygens (including phenoxy) is 1. The third-order valence-corrected chi connectivity index (χ3v) is 8.60. The van der Waals surface area contributed by atoms with Gasteiger partial charge < -0.3 is 10.1 Å². The molecule has 3 aliphatic rings. The average molecular weight is 449 g/mol. The molecule has 2 aliphatic heterocycles. The number of nitrogens with zero attached hydrogens (tertiary/aromatic N) is 1. The third-order valence-electron chi connectivity index (χ3n) is 8.60. The largest absolute Gasteiger partial charge is 0.490 e. The molecule has 0 bridgehead atoms. The van der Waals surface area contributed by atoms with E-state index < -0.39 is 0 Å². The Kier molecular flexibility index (Phi) is 6.15. The lowest BCUT2D eigenvalue weighted by Crippen LogP contribution is -2.40. The van der Waals surface area contributed by atoms with Crippen LogP contribution in [0.2, 0.25) is 0 Å². The Morgan fingerprint density at radius 2 is 1.70 bits per heavy atom. The van der Waals surface area contributed by atoms with Gasteiger partial charge in [0.25, 0.3) is 0 Å². The van der Waals surface area contributed by atoms with E-state index in [4.69, 9.17) is 4.74 Å². The minimum atomic E-state index is 0.222. The Hall–Kier alpha value is -2.07. The maximum absolute atomic E-state index is 11.7. The number of hydrogen-bond donors (Lipinski definition) is 1. The van der Waals surface area contributed by atoms with E-state index >= 15 is 0 Å². The standard InChI is InChI=1S/C29H40N2O2/c1-28(2,3)24-7-10-25(11-8-24)33-26-9-6-22-16-21(4-5-23(22)17-26)19-31-14-12-29(13-15-31)18-27(32)30-20-29/h4-6,9,16-17,24-25H,7-8,10-15,18-20H2,1-3H3,(H,30,32)/t24-,25-. The monoisotopic (exact) mass is 448 g/mol. The van der Waals surface area contributed by atoms with Crippen molar-refractivity contribution < 1.29 is 9.53 Å². The van der Waals surface area contributed by atoms with Crippen molar-refractivity contribution in [3.63, 3.8) is 0 Å². The zero-order valence-electron chi connectivity index (χ0n) is 20.7. The van der Waals surface area contributed by atoms with Crippen LogP contribution in [0.4, 0.5) is 0 Å². The number of fused-ring (bicyclic) bond motifs is 1. The first kappa shape index (κ1) is 22.7. The second-order valence-electron chi connectivity index (χ2n) is 12.0. The summed E-state index contributed by atoms with van der Waals surface area (Å²) < 4.78 is 6.39. The Bertz CT molecular complexity index is 992. The van der Waals surface area contributed by atoms with Gasteiger partial charge in [0.1, 0.15) is 5.75 Å². The summed E-state index contributed by atoms with van der Waals surface area (Å²) in [4.78, 5) is 14.2. The van der Waals surface area contributed by atoms with Gasteiger partial charge in [0.15, 0.2) is 0 Å². The SMILES string of the molecule is CC(C)(C)[C@H]1CC[C@H](Oc2ccc3cc(CN4CCC5(CC4)CNC(=O)C5)ccc3c2)CC1. The van der Waals surface area contributed by atoms with Gasteiger partial charge >= 0.3 is 0 Å². The summed E-state index contributed by atoms with van der Waals surface area (Å²) in [6.45, 7) is 11.1. The van der Waals surface area contributed by atoms with Crippen LogP contribution in [0.25, 0.3) is 10.8 Å². The van der Waals surface area contributed by atoms with Crippen molar-refractivity contribution >= 4 is 16.7 Å². The molecule has 1 saturated carbocycles. The van der Waals surface area contributed by atoms with Crippen LogP contribution in [0.1, 0.15) is 71.3 Å². The Morgan fingerprint density at radius 1 is 1.00 bits per heavy atom. The molecule has 4 heteroatoms. The fraction of sp³-hybridized carbons (Fsp3) is 0.621. The van der Waals surface area contributed by atoms with Crippen molar-refractivity contribution in [2.75, 3.05) is 19.6 Å². The van der Waals surface area contributed by atoms with Crippen LogP contribution in [-0.2, 0) is 11.3 Å². The van der Waals surface area contributed by atoms with E-state index in [1.807, 2.05) is 0 Å². The summed E-state index contributed by atoms with van der Waals surface area (Å²) in [5, 5.41) is 5.58. The fourth-order valence-corrected chi connectivity index (χ4v) is 6.23. The summed E-state index contributed by atoms with van der Waals surface area (Å²) >= 11 is 0. The lowest BCUT2D eigenvalue weighted by atomic mass is 9.72. The number of carbonyl (C=O) groups is 1. The number of rotatable bonds is 4. The molecule has 1 N–H and O–H groups in total. The molecule has 0 radical (unpaired) electrons. The Morgan fingerprint density at radius 3 is 2.36 bits per heavy atom. The number of amides is 1. The summed E-state index contributed by atoms with van der Waals surface area (Å²) in [5.74, 6) is 2.06. The van der Waals surface area contributed by atoms with Gasteiger partial charge in [-0.2, -0.15) is 0 Å². The van der Waals surface area contributed by atoms with E-state index in [9.17, 15) is 4.79 Å². The Balaban J connectivity index is 1.16. The smallest absolute Gasteiger partial charge is 0.220 e. The summed E-state index contributed by atoms with van der Waals surface area (Å²) in [6.07, 6.45) is 8.20. The highest BCUT2D eigenvalue weighted by molar-refractivity contribution is 5.84. The van der Waals surface area contributed by atoms with E-state index in [0.717, 1.165) is 57.1 Å². The normalized spacial score (nSPS) is 26.0. The van der Waals surface area contributed by atoms with Gasteiger partial charge in [-0.25, -0.2) is 0 Å². The molecule has 4 nitrogen and oxygen atoms in total. The minimum absolute atomic E-state index is 0.222. The van der Waals surface area contributed by atoms with Crippen LogP contribution in [0, 0.1) is 16.7 Å². The lowest BCUT2D eigenvalue weighted by Gasteiger charge is -2.38. The second-order valence-corrected chi connectivity index (χ2v) is 12.0. The molecule has 178 valence electrons. The molecule has 2 heterocycles. The molecule has 2 aromatic rings. The maximum Gasteiger partial charge on any atom is 0.220 e. The van der Waals surface area contributed by atoms with Crippen LogP contribution in [-0.4, -0.2) is 36.5 Å². The first-order chi connectivity index (χ1) is 15.8. The van der Waals surface area contributed by atoms with Gasteiger partial charge in [0.2, 0.25) is 5.91 Å². The van der Waals surface area contributed by atoms with Crippen LogP contribution in [0.15, 0.2) is 36.4 Å². The number of likely N-dealkylation sites (tertiary alicyclic amines) is 1. The average Bonchev–Trinajstić information content (AvgIpc) is 3.15. The third kappa shape index (κ3) is 5.21. The summed E-state index contributed by atoms with van der Waals surface area (Å²) in [6, 6.07) is 13.4. The fourth-order valence-electron chi connectivity index (χ4n) is 6.23. The van der Waals surface area contributed by atoms with E-state index in [0.29, 0.717) is 11.5 Å². The topological polar surface area (TPSA) is 41.6 Å². The molecule has 5 rings (SSSR count). The van der Waals surface area contributed by atoms with Gasteiger partial charge in [0.05, 0.1) is 6.10 Å². The van der Waals surface area contributed by atoms with Crippen LogP contribution in [0.5, 0.6) is 5.75 Å². The summed E-state index contributed by atoms with van der Waals surface area (Å²) in [7, 11) is 0. The molecule has 1 spiro atoms. The van der Waals surface area contributed by atoms with Gasteiger partial charge in [0, 0.05) is 19.5 Å². The highest BCUT2D eigenvalue weighted by Gasteiger charge is 2.40. The van der Waals surface area contributed by atoms with Crippen LogP contribution < -0.4 is 10.1 Å². The van der Waals surface area contributed by atoms with Crippen LogP contribution >= 0.6 is 0 Å². The number of benzene rings is 2. The van der Waals surface area contributed by atoms with Crippen molar-refractivity contribution in [1.29, 1.82) is 0 Å². The number of hydrogen-bond acceptors (Lipinski definition) is 3. The van der Waals surface area contributed by atoms with Gasteiger partial charge in [-0.05, 0) is 103 Å². The van der Waals surface area contributed by atoms with Crippen molar-refractivity contribution in [2.45, 2.75) is 78.4 Å². The molecule has 0 unspecified atom stereocenters. The number of piperidine rings is 1. The number of nitrogens with one attached hydrogen (secondary N) is 1. The molecule has 0 aromatic heterocycles. The second kappa shape index (κ2) is 8.94. The molecule has 3 fully saturated rings. The maximum atomic E-state index is 11.7. The van der Waals surface area contributed by atoms with Crippen molar-refractivity contribution in [3.05, 3.63) is 42.0 Å². The first-order valence-electron chi connectivity index (χ1n) is 13.0. The van der Waals surface area contributed by atoms with E-state index in [-0.39, 0.29) is 11.3 Å². The Labute approximate surface area is 199 Å². The van der Waals surface area contributed by atoms with E-state index in [1.165, 1.54) is 42.0 Å². The molecule has 2 saturated heterocycles. The van der Waals surface area contributed by atoms with Crippen molar-refractivity contribution in [1.82, 2.24) is 10.2 Å². The number of carbonyl (C=O) groups excluding carboxylic acids is 1. The molecule has 33 heavy (non-hydrogen) atoms. The predicted molar refractivity (Wildman–Crippen MR) is 134 cm³/mol. The van der Waals surface area contributed by atoms with Crippen molar-refractivity contribution in [2.24, 2.45) is 16.7 Å². The van der Waals surface area contributed by atoms with Crippen LogP contribution in [0.3, 0.4) is 0 Å². The highest BCUT2D eigenvalue weighted by Crippen LogP contribution is 2.39. The van der Waals surface area contributed by atoms with E-state index in [2.05, 4.69) is 67.4 Å². The molecule has 1 amide bonds. The van der Waals surface area contributed by atoms with Gasteiger partial charge in [-0.1, -0.05) is 39.0 Å². The molecule has 1 aliphatic carbocycles. The zero-order valence-corrected chi connectivity index (χ0v) is 20.7. The minimum Gasteiger partial charge on any atom is -0.490 e. The molecule has 2 aromatic carbocycles. The lowest BCUT2D eigenvalue weighted by molar-refractivity contribution is -0.119. The first-order valence-corrected chi connectivity index (χ1v) is 13.0. The van der Waals surface area contributed by atoms with Gasteiger partial charge in [-0.3, -0.25) is 9.69 Å². The highest BCUT2D eigenvalue weighted by atomic mass is 16.5. The zero-order chi connectivity index (χ0) is 23.1. The van der Waals surface area contributed by atoms with E-state index in [1.54, 1.807) is 0 Å². The predicted octanol–water partition coefficient (Wildman–Crippen LogP) is 5.93. The van der Waals surface area contributed by atoms with Gasteiger partial charge in [-0.15, -0.1) is 0 Å². The quantitative estimate of drug-likeness (QED) is 0.631. The molecule has 0 atom stereocenters. The molecular formula is C29H40N2O2.